The number of nitrogens with zero attached hydrogens (tertiary/aromatic N) is 2. The number of ether oxygens (including phenoxy) is 2. The Bertz CT molecular complexity index is 1110. The summed E-state index contributed by atoms with van der Waals surface area (Å²) in [6.07, 6.45) is 0.145. The van der Waals surface area contributed by atoms with Gasteiger partial charge in [-0.2, -0.15) is 0 Å². The van der Waals surface area contributed by atoms with E-state index in [1.165, 1.54) is 0 Å². The molecule has 8 heteroatoms. The molecule has 4 rings (SSSR count). The minimum absolute atomic E-state index is 0.113. The number of amides is 2. The Morgan fingerprint density at radius 2 is 1.97 bits per heavy atom. The molecule has 168 valence electrons. The number of methoxy groups -OCH3 is 2. The summed E-state index contributed by atoms with van der Waals surface area (Å²) < 4.78 is 10.7. The van der Waals surface area contributed by atoms with Crippen molar-refractivity contribution in [3.63, 3.8) is 0 Å². The van der Waals surface area contributed by atoms with Gasteiger partial charge in [0.05, 0.1) is 42.9 Å². The molecule has 0 unspecified atom stereocenters. The smallest absolute Gasteiger partial charge is 0.227 e. The molecule has 2 amide bonds. The number of rotatable bonds is 7. The number of carbonyl (C=O) groups is 2. The molecule has 8 nitrogen and oxygen atoms in total. The Kier molecular flexibility index (Phi) is 6.03. The van der Waals surface area contributed by atoms with Crippen molar-refractivity contribution in [1.82, 2.24) is 15.3 Å². The van der Waals surface area contributed by atoms with Crippen LogP contribution in [0.25, 0.3) is 11.0 Å². The zero-order valence-electron chi connectivity index (χ0n) is 18.7. The number of H-pyrrole nitrogens is 1. The first-order valence-electron chi connectivity index (χ1n) is 10.7. The zero-order valence-corrected chi connectivity index (χ0v) is 18.7. The van der Waals surface area contributed by atoms with Gasteiger partial charge in [-0.15, -0.1) is 0 Å². The fraction of sp³-hybridized carbons (Fsp3) is 0.375. The highest BCUT2D eigenvalue weighted by molar-refractivity contribution is 6.01. The van der Waals surface area contributed by atoms with Crippen LogP contribution in [0, 0.1) is 11.8 Å². The van der Waals surface area contributed by atoms with E-state index in [1.54, 1.807) is 37.3 Å². The second kappa shape index (κ2) is 8.90. The van der Waals surface area contributed by atoms with Crippen LogP contribution in [0.5, 0.6) is 11.5 Å². The lowest BCUT2D eigenvalue weighted by atomic mass is 10.0. The highest BCUT2D eigenvalue weighted by Gasteiger charge is 2.37. The van der Waals surface area contributed by atoms with Gasteiger partial charge in [0.15, 0.2) is 0 Å². The molecule has 1 aromatic heterocycles. The van der Waals surface area contributed by atoms with E-state index < -0.39 is 5.92 Å². The number of benzene rings is 2. The summed E-state index contributed by atoms with van der Waals surface area (Å²) in [4.78, 5) is 35.5. The summed E-state index contributed by atoms with van der Waals surface area (Å²) >= 11 is 0. The highest BCUT2D eigenvalue weighted by Crippen LogP contribution is 2.36. The number of aromatic nitrogens is 2. The van der Waals surface area contributed by atoms with Gasteiger partial charge in [0.2, 0.25) is 11.8 Å². The average molecular weight is 437 g/mol. The van der Waals surface area contributed by atoms with Crippen molar-refractivity contribution in [2.24, 2.45) is 11.8 Å². The van der Waals surface area contributed by atoms with Crippen molar-refractivity contribution < 1.29 is 19.1 Å². The van der Waals surface area contributed by atoms with Crippen molar-refractivity contribution in [2.75, 3.05) is 25.7 Å². The normalized spacial score (nSPS) is 17.1. The minimum Gasteiger partial charge on any atom is -0.497 e. The summed E-state index contributed by atoms with van der Waals surface area (Å²) in [5.74, 6) is 1.27. The van der Waals surface area contributed by atoms with Gasteiger partial charge >= 0.3 is 0 Å². The topological polar surface area (TPSA) is 96.5 Å². The molecule has 0 radical (unpaired) electrons. The van der Waals surface area contributed by atoms with Crippen LogP contribution < -0.4 is 19.7 Å². The largest absolute Gasteiger partial charge is 0.497 e. The molecule has 2 heterocycles. The van der Waals surface area contributed by atoms with Crippen molar-refractivity contribution in [1.29, 1.82) is 0 Å². The molecule has 32 heavy (non-hydrogen) atoms. The Balaban J connectivity index is 1.51. The number of hydrogen-bond donors (Lipinski definition) is 2. The molecule has 0 saturated carbocycles. The number of fused-ring (bicyclic) bond motifs is 1. The van der Waals surface area contributed by atoms with Gasteiger partial charge in [-0.3, -0.25) is 9.59 Å². The standard InChI is InChI=1S/C24H28N4O4/c1-14(2)22(23-25-17-7-5-6-8-18(17)26-23)27-24(30)15-11-21(29)28(13-15)19-10-9-16(31-3)12-20(19)32-4/h5-10,12,14-15,22H,11,13H2,1-4H3,(H,25,26)(H,27,30)/t15-,22-/m1/s1. The molecule has 0 bridgehead atoms. The maximum atomic E-state index is 13.1. The fourth-order valence-corrected chi connectivity index (χ4v) is 4.07. The third kappa shape index (κ3) is 4.12. The summed E-state index contributed by atoms with van der Waals surface area (Å²) in [7, 11) is 3.12. The second-order valence-corrected chi connectivity index (χ2v) is 8.31. The highest BCUT2D eigenvalue weighted by atomic mass is 16.5. The van der Waals surface area contributed by atoms with E-state index in [9.17, 15) is 9.59 Å². The van der Waals surface area contributed by atoms with Crippen LogP contribution >= 0.6 is 0 Å². The van der Waals surface area contributed by atoms with Gasteiger partial charge in [-0.1, -0.05) is 26.0 Å². The van der Waals surface area contributed by atoms with Crippen LogP contribution in [0.1, 0.15) is 32.1 Å². The maximum Gasteiger partial charge on any atom is 0.227 e. The number of aromatic amines is 1. The molecule has 1 aliphatic rings. The Labute approximate surface area is 186 Å². The van der Waals surface area contributed by atoms with Gasteiger partial charge < -0.3 is 24.7 Å². The summed E-state index contributed by atoms with van der Waals surface area (Å²) in [6, 6.07) is 12.8. The molecule has 2 N–H and O–H groups in total. The number of imidazole rings is 1. The van der Waals surface area contributed by atoms with Crippen LogP contribution in [-0.2, 0) is 9.59 Å². The van der Waals surface area contributed by atoms with E-state index in [0.29, 0.717) is 23.0 Å². The van der Waals surface area contributed by atoms with E-state index >= 15 is 0 Å². The summed E-state index contributed by atoms with van der Waals surface area (Å²) in [5.41, 5.74) is 2.42. The first-order chi connectivity index (χ1) is 15.4. The zero-order chi connectivity index (χ0) is 22.8. The van der Waals surface area contributed by atoms with Gasteiger partial charge in [0.1, 0.15) is 17.3 Å². The molecule has 0 aliphatic carbocycles. The molecule has 2 aromatic carbocycles. The van der Waals surface area contributed by atoms with Crippen LogP contribution in [-0.4, -0.2) is 42.5 Å². The monoisotopic (exact) mass is 436 g/mol. The van der Waals surface area contributed by atoms with E-state index in [0.717, 1.165) is 11.0 Å². The summed E-state index contributed by atoms with van der Waals surface area (Å²) in [5, 5.41) is 3.11. The van der Waals surface area contributed by atoms with Gasteiger partial charge in [0.25, 0.3) is 0 Å². The van der Waals surface area contributed by atoms with E-state index in [1.807, 2.05) is 38.1 Å². The summed E-state index contributed by atoms with van der Waals surface area (Å²) in [6.45, 7) is 4.36. The van der Waals surface area contributed by atoms with Crippen molar-refractivity contribution >= 4 is 28.5 Å². The molecule has 1 fully saturated rings. The molecular weight excluding hydrogens is 408 g/mol. The van der Waals surface area contributed by atoms with Crippen LogP contribution in [0.3, 0.4) is 0 Å². The maximum absolute atomic E-state index is 13.1. The molecule has 1 saturated heterocycles. The lowest BCUT2D eigenvalue weighted by Gasteiger charge is -2.23. The fourth-order valence-electron chi connectivity index (χ4n) is 4.07. The molecule has 3 aromatic rings. The first kappa shape index (κ1) is 21.7. The van der Waals surface area contributed by atoms with Crippen molar-refractivity contribution in [3.8, 4) is 11.5 Å². The van der Waals surface area contributed by atoms with Gasteiger partial charge in [0, 0.05) is 19.0 Å². The number of para-hydroxylation sites is 2. The van der Waals surface area contributed by atoms with Crippen molar-refractivity contribution in [2.45, 2.75) is 26.3 Å². The predicted molar refractivity (Wildman–Crippen MR) is 122 cm³/mol. The molecule has 0 spiro atoms. The number of carbonyl (C=O) groups excluding carboxylic acids is 2. The second-order valence-electron chi connectivity index (χ2n) is 8.31. The average Bonchev–Trinajstić information content (AvgIpc) is 3.40. The minimum atomic E-state index is -0.458. The first-order valence-corrected chi connectivity index (χ1v) is 10.7. The molecule has 2 atom stereocenters. The molecular formula is C24H28N4O4. The number of nitrogens with one attached hydrogen (secondary N) is 2. The predicted octanol–water partition coefficient (Wildman–Crippen LogP) is 3.45. The third-order valence-electron chi connectivity index (χ3n) is 5.84. The number of anilines is 1. The van der Waals surface area contributed by atoms with Gasteiger partial charge in [-0.05, 0) is 30.2 Å². The van der Waals surface area contributed by atoms with E-state index in [2.05, 4.69) is 15.3 Å². The van der Waals surface area contributed by atoms with Crippen molar-refractivity contribution in [3.05, 3.63) is 48.3 Å². The quantitative estimate of drug-likeness (QED) is 0.591. The Morgan fingerprint density at radius 1 is 1.19 bits per heavy atom. The Morgan fingerprint density at radius 3 is 2.66 bits per heavy atom. The molecule has 1 aliphatic heterocycles. The Hall–Kier alpha value is -3.55. The lowest BCUT2D eigenvalue weighted by molar-refractivity contribution is -0.127. The van der Waals surface area contributed by atoms with Crippen LogP contribution in [0.2, 0.25) is 0 Å². The van der Waals surface area contributed by atoms with E-state index in [-0.39, 0.29) is 36.7 Å². The third-order valence-corrected chi connectivity index (χ3v) is 5.84. The van der Waals surface area contributed by atoms with Crippen LogP contribution in [0.4, 0.5) is 5.69 Å². The lowest BCUT2D eigenvalue weighted by Crippen LogP contribution is -2.38. The number of hydrogen-bond acceptors (Lipinski definition) is 5. The van der Waals surface area contributed by atoms with Crippen LogP contribution in [0.15, 0.2) is 42.5 Å². The van der Waals surface area contributed by atoms with E-state index in [4.69, 9.17) is 9.47 Å². The SMILES string of the molecule is COc1ccc(N2C[C@H](C(=O)N[C@@H](c3nc4ccccc4[nH]3)C(C)C)CC2=O)c(OC)c1. The van der Waals surface area contributed by atoms with Gasteiger partial charge in [-0.25, -0.2) is 4.98 Å².